The van der Waals surface area contributed by atoms with Crippen LogP contribution in [0.3, 0.4) is 0 Å². The molecule has 8 heteroatoms. The number of carbonyl (C=O) groups is 1. The van der Waals surface area contributed by atoms with Gasteiger partial charge in [0.15, 0.2) is 0 Å². The summed E-state index contributed by atoms with van der Waals surface area (Å²) in [5, 5.41) is 2.39. The van der Waals surface area contributed by atoms with Gasteiger partial charge in [-0.25, -0.2) is 23.7 Å². The lowest BCUT2D eigenvalue weighted by Gasteiger charge is -2.14. The van der Waals surface area contributed by atoms with Crippen LogP contribution in [0.5, 0.6) is 0 Å². The van der Waals surface area contributed by atoms with Crippen LogP contribution in [0.1, 0.15) is 29.5 Å². The summed E-state index contributed by atoms with van der Waals surface area (Å²) in [6, 6.07) is 2.36. The van der Waals surface area contributed by atoms with Crippen molar-refractivity contribution in [1.82, 2.24) is 15.0 Å². The maximum absolute atomic E-state index is 13.6. The maximum Gasteiger partial charge on any atom is 0.294 e. The predicted octanol–water partition coefficient (Wildman–Crippen LogP) is 3.39. The number of carbonyl (C=O) groups excluding carboxylic acids is 1. The summed E-state index contributed by atoms with van der Waals surface area (Å²) in [5.41, 5.74) is -0.202. The zero-order valence-corrected chi connectivity index (χ0v) is 12.6. The molecule has 0 fully saturated rings. The van der Waals surface area contributed by atoms with E-state index < -0.39 is 11.8 Å². The Labute approximate surface area is 128 Å². The summed E-state index contributed by atoms with van der Waals surface area (Å²) >= 11 is 3.15. The topological polar surface area (TPSA) is 67.8 Å². The second kappa shape index (κ2) is 6.21. The van der Waals surface area contributed by atoms with E-state index in [2.05, 4.69) is 36.2 Å². The molecule has 2 aromatic rings. The first-order valence-corrected chi connectivity index (χ1v) is 6.85. The molecule has 0 aliphatic heterocycles. The van der Waals surface area contributed by atoms with Gasteiger partial charge >= 0.3 is 0 Å². The van der Waals surface area contributed by atoms with E-state index in [-0.39, 0.29) is 23.6 Å². The minimum atomic E-state index is -2.96. The van der Waals surface area contributed by atoms with Crippen molar-refractivity contribution in [2.75, 3.05) is 5.32 Å². The van der Waals surface area contributed by atoms with Gasteiger partial charge in [-0.05, 0) is 28.1 Å². The second-order valence-corrected chi connectivity index (χ2v) is 5.08. The third kappa shape index (κ3) is 3.78. The van der Waals surface area contributed by atoms with Gasteiger partial charge < -0.3 is 5.32 Å². The summed E-state index contributed by atoms with van der Waals surface area (Å²) < 4.78 is 27.8. The van der Waals surface area contributed by atoms with E-state index in [1.165, 1.54) is 31.6 Å². The van der Waals surface area contributed by atoms with E-state index in [1.54, 1.807) is 0 Å². The maximum atomic E-state index is 13.6. The standard InChI is InChI=1S/C13H11BrF2N4O/c1-2-13(15,16)8-3-4-17-10(5-8)20-12(21)11-18-6-9(14)7-19-11/h3-7H,2H2,1H3,(H,17,20,21). The molecule has 0 saturated carbocycles. The molecule has 0 saturated heterocycles. The highest BCUT2D eigenvalue weighted by molar-refractivity contribution is 9.10. The molecule has 0 spiro atoms. The van der Waals surface area contributed by atoms with Crippen molar-refractivity contribution in [3.8, 4) is 0 Å². The Morgan fingerprint density at radius 3 is 2.62 bits per heavy atom. The minimum Gasteiger partial charge on any atom is -0.304 e. The molecule has 2 heterocycles. The average molecular weight is 357 g/mol. The summed E-state index contributed by atoms with van der Waals surface area (Å²) in [6.45, 7) is 1.38. The minimum absolute atomic E-state index is 0.0251. The molecule has 2 aromatic heterocycles. The Kier molecular flexibility index (Phi) is 4.56. The zero-order valence-electron chi connectivity index (χ0n) is 11.0. The van der Waals surface area contributed by atoms with Crippen LogP contribution in [0.2, 0.25) is 0 Å². The number of hydrogen-bond acceptors (Lipinski definition) is 4. The fraction of sp³-hybridized carbons (Fsp3) is 0.231. The fourth-order valence-corrected chi connectivity index (χ4v) is 1.74. The van der Waals surface area contributed by atoms with Gasteiger partial charge in [0.25, 0.3) is 11.8 Å². The molecule has 5 nitrogen and oxygen atoms in total. The highest BCUT2D eigenvalue weighted by atomic mass is 79.9. The highest BCUT2D eigenvalue weighted by Gasteiger charge is 2.29. The molecule has 1 amide bonds. The van der Waals surface area contributed by atoms with Crippen LogP contribution in [0.4, 0.5) is 14.6 Å². The third-order valence-electron chi connectivity index (χ3n) is 2.69. The molecule has 0 unspecified atom stereocenters. The lowest BCUT2D eigenvalue weighted by atomic mass is 10.1. The summed E-state index contributed by atoms with van der Waals surface area (Å²) in [5.74, 6) is -3.63. The number of alkyl halides is 2. The Balaban J connectivity index is 2.18. The van der Waals surface area contributed by atoms with Gasteiger partial charge in [-0.2, -0.15) is 0 Å². The molecular formula is C13H11BrF2N4O. The number of amides is 1. The van der Waals surface area contributed by atoms with Gasteiger partial charge in [0.05, 0.1) is 4.47 Å². The molecule has 0 radical (unpaired) electrons. The number of halogens is 3. The number of rotatable bonds is 4. The zero-order chi connectivity index (χ0) is 15.5. The molecule has 2 rings (SSSR count). The number of nitrogens with zero attached hydrogens (tertiary/aromatic N) is 3. The Hall–Kier alpha value is -1.96. The molecule has 0 aliphatic carbocycles. The lowest BCUT2D eigenvalue weighted by Crippen LogP contribution is -2.17. The average Bonchev–Trinajstić information content (AvgIpc) is 2.48. The Morgan fingerprint density at radius 2 is 2.00 bits per heavy atom. The molecule has 0 atom stereocenters. The Morgan fingerprint density at radius 1 is 1.33 bits per heavy atom. The number of nitrogens with one attached hydrogen (secondary N) is 1. The van der Waals surface area contributed by atoms with Crippen LogP contribution < -0.4 is 5.32 Å². The first-order chi connectivity index (χ1) is 9.92. The monoisotopic (exact) mass is 356 g/mol. The van der Waals surface area contributed by atoms with E-state index >= 15 is 0 Å². The molecule has 0 aliphatic rings. The molecule has 0 aromatic carbocycles. The summed E-state index contributed by atoms with van der Waals surface area (Å²) in [6.07, 6.45) is 3.71. The van der Waals surface area contributed by atoms with Crippen LogP contribution in [0, 0.1) is 0 Å². The number of pyridine rings is 1. The molecule has 0 bridgehead atoms. The smallest absolute Gasteiger partial charge is 0.294 e. The van der Waals surface area contributed by atoms with Crippen LogP contribution in [-0.2, 0) is 5.92 Å². The highest BCUT2D eigenvalue weighted by Crippen LogP contribution is 2.31. The first kappa shape index (κ1) is 15.4. The molecule has 110 valence electrons. The second-order valence-electron chi connectivity index (χ2n) is 4.17. The van der Waals surface area contributed by atoms with Gasteiger partial charge in [-0.1, -0.05) is 6.92 Å². The van der Waals surface area contributed by atoms with Crippen LogP contribution in [0.15, 0.2) is 35.2 Å². The van der Waals surface area contributed by atoms with Crippen molar-refractivity contribution in [3.05, 3.63) is 46.6 Å². The van der Waals surface area contributed by atoms with Crippen molar-refractivity contribution in [2.24, 2.45) is 0 Å². The van der Waals surface area contributed by atoms with Crippen LogP contribution >= 0.6 is 15.9 Å². The van der Waals surface area contributed by atoms with Gasteiger partial charge in [-0.15, -0.1) is 0 Å². The Bertz CT molecular complexity index is 649. The molecule has 21 heavy (non-hydrogen) atoms. The van der Waals surface area contributed by atoms with Gasteiger partial charge in [-0.3, -0.25) is 4.79 Å². The van der Waals surface area contributed by atoms with Crippen molar-refractivity contribution in [1.29, 1.82) is 0 Å². The lowest BCUT2D eigenvalue weighted by molar-refractivity contribution is -0.00832. The normalized spacial score (nSPS) is 11.2. The number of aromatic nitrogens is 3. The number of anilines is 1. The van der Waals surface area contributed by atoms with Crippen LogP contribution in [0.25, 0.3) is 0 Å². The predicted molar refractivity (Wildman–Crippen MR) is 76.1 cm³/mol. The fourth-order valence-electron chi connectivity index (χ4n) is 1.53. The SMILES string of the molecule is CCC(F)(F)c1ccnc(NC(=O)c2ncc(Br)cn2)c1. The van der Waals surface area contributed by atoms with Gasteiger partial charge in [0, 0.05) is 30.6 Å². The summed E-state index contributed by atoms with van der Waals surface area (Å²) in [7, 11) is 0. The van der Waals surface area contributed by atoms with Crippen molar-refractivity contribution in [3.63, 3.8) is 0 Å². The summed E-state index contributed by atoms with van der Waals surface area (Å²) in [4.78, 5) is 23.3. The van der Waals surface area contributed by atoms with E-state index in [0.29, 0.717) is 4.47 Å². The van der Waals surface area contributed by atoms with Gasteiger partial charge in [0.2, 0.25) is 5.82 Å². The van der Waals surface area contributed by atoms with Gasteiger partial charge in [0.1, 0.15) is 5.82 Å². The molecular weight excluding hydrogens is 346 g/mol. The van der Waals surface area contributed by atoms with E-state index in [4.69, 9.17) is 0 Å². The van der Waals surface area contributed by atoms with E-state index in [9.17, 15) is 13.6 Å². The van der Waals surface area contributed by atoms with Crippen molar-refractivity contribution in [2.45, 2.75) is 19.3 Å². The number of hydrogen-bond donors (Lipinski definition) is 1. The first-order valence-electron chi connectivity index (χ1n) is 6.05. The largest absolute Gasteiger partial charge is 0.304 e. The van der Waals surface area contributed by atoms with Crippen molar-refractivity contribution < 1.29 is 13.6 Å². The van der Waals surface area contributed by atoms with Crippen molar-refractivity contribution >= 4 is 27.7 Å². The van der Waals surface area contributed by atoms with E-state index in [1.807, 2.05) is 0 Å². The van der Waals surface area contributed by atoms with E-state index in [0.717, 1.165) is 6.07 Å². The third-order valence-corrected chi connectivity index (χ3v) is 3.10. The van der Waals surface area contributed by atoms with Crippen LogP contribution in [-0.4, -0.2) is 20.9 Å². The quantitative estimate of drug-likeness (QED) is 0.911. The molecule has 1 N–H and O–H groups in total.